The fourth-order valence-electron chi connectivity index (χ4n) is 3.41. The second kappa shape index (κ2) is 10.3. The van der Waals surface area contributed by atoms with Gasteiger partial charge < -0.3 is 19.1 Å². The van der Waals surface area contributed by atoms with Crippen LogP contribution in [0.25, 0.3) is 0 Å². The molecular formula is C23H25N3O7S. The largest absolute Gasteiger partial charge is 0.495 e. The third-order valence-corrected chi connectivity index (χ3v) is 6.47. The maximum absolute atomic E-state index is 13.4. The number of para-hydroxylation sites is 2. The van der Waals surface area contributed by atoms with Gasteiger partial charge in [0.25, 0.3) is 15.7 Å². The lowest BCUT2D eigenvalue weighted by Crippen LogP contribution is -2.22. The smallest absolute Gasteiger partial charge is 0.270 e. The zero-order valence-corrected chi connectivity index (χ0v) is 20.0. The standard InChI is InChI=1S/C23H25N3O7S/c1-25(15-16-9-12-21(32-3)22(13-16)33-4)19-11-10-17(26(27)28)14-23(19)34(29,30)24-18-7-5-6-8-20(18)31-2/h5-14,24H,15H2,1-4H3. The van der Waals surface area contributed by atoms with Gasteiger partial charge in [-0.25, -0.2) is 8.42 Å². The van der Waals surface area contributed by atoms with E-state index in [-0.39, 0.29) is 22.0 Å². The highest BCUT2D eigenvalue weighted by Gasteiger charge is 2.25. The monoisotopic (exact) mass is 487 g/mol. The number of anilines is 2. The first kappa shape index (κ1) is 24.6. The van der Waals surface area contributed by atoms with Gasteiger partial charge in [-0.15, -0.1) is 0 Å². The van der Waals surface area contributed by atoms with Crippen LogP contribution in [0.4, 0.5) is 17.1 Å². The summed E-state index contributed by atoms with van der Waals surface area (Å²) in [5, 5.41) is 11.4. The molecule has 180 valence electrons. The number of hydrogen-bond acceptors (Lipinski definition) is 8. The number of nitro groups is 1. The lowest BCUT2D eigenvalue weighted by atomic mass is 10.1. The van der Waals surface area contributed by atoms with Crippen LogP contribution in [0.15, 0.2) is 65.6 Å². The van der Waals surface area contributed by atoms with E-state index in [9.17, 15) is 18.5 Å². The van der Waals surface area contributed by atoms with E-state index in [1.807, 2.05) is 6.07 Å². The molecule has 0 unspecified atom stereocenters. The van der Waals surface area contributed by atoms with E-state index in [0.29, 0.717) is 23.8 Å². The summed E-state index contributed by atoms with van der Waals surface area (Å²) >= 11 is 0. The van der Waals surface area contributed by atoms with E-state index in [0.717, 1.165) is 11.6 Å². The van der Waals surface area contributed by atoms with Crippen molar-refractivity contribution < 1.29 is 27.6 Å². The second-order valence-corrected chi connectivity index (χ2v) is 8.91. The van der Waals surface area contributed by atoms with Crippen LogP contribution in [0.2, 0.25) is 0 Å². The first-order valence-electron chi connectivity index (χ1n) is 10.1. The number of non-ortho nitro benzene ring substituents is 1. The molecule has 0 saturated heterocycles. The predicted octanol–water partition coefficient (Wildman–Crippen LogP) is 4.06. The molecule has 3 rings (SSSR count). The summed E-state index contributed by atoms with van der Waals surface area (Å²) in [6, 6.07) is 15.6. The molecule has 0 aliphatic heterocycles. The van der Waals surface area contributed by atoms with Gasteiger partial charge >= 0.3 is 0 Å². The van der Waals surface area contributed by atoms with Crippen LogP contribution in [0.3, 0.4) is 0 Å². The maximum Gasteiger partial charge on any atom is 0.270 e. The van der Waals surface area contributed by atoms with Crippen molar-refractivity contribution in [2.45, 2.75) is 11.4 Å². The highest BCUT2D eigenvalue weighted by atomic mass is 32.2. The summed E-state index contributed by atoms with van der Waals surface area (Å²) in [6.07, 6.45) is 0. The highest BCUT2D eigenvalue weighted by molar-refractivity contribution is 7.93. The average molecular weight is 488 g/mol. The Balaban J connectivity index is 2.02. The lowest BCUT2D eigenvalue weighted by molar-refractivity contribution is -0.385. The first-order chi connectivity index (χ1) is 16.2. The summed E-state index contributed by atoms with van der Waals surface area (Å²) < 4.78 is 45.0. The quantitative estimate of drug-likeness (QED) is 0.336. The van der Waals surface area contributed by atoms with Crippen molar-refractivity contribution in [3.05, 3.63) is 76.3 Å². The van der Waals surface area contributed by atoms with Gasteiger partial charge in [-0.1, -0.05) is 18.2 Å². The van der Waals surface area contributed by atoms with Gasteiger partial charge in [0.15, 0.2) is 11.5 Å². The summed E-state index contributed by atoms with van der Waals surface area (Å²) in [6.45, 7) is 0.301. The van der Waals surface area contributed by atoms with Crippen molar-refractivity contribution in [2.75, 3.05) is 38.0 Å². The van der Waals surface area contributed by atoms with Crippen LogP contribution >= 0.6 is 0 Å². The fourth-order valence-corrected chi connectivity index (χ4v) is 4.76. The first-order valence-corrected chi connectivity index (χ1v) is 11.5. The minimum Gasteiger partial charge on any atom is -0.495 e. The SMILES string of the molecule is COc1ccccc1NS(=O)(=O)c1cc([N+](=O)[O-])ccc1N(C)Cc1ccc(OC)c(OC)c1. The Hall–Kier alpha value is -3.99. The highest BCUT2D eigenvalue weighted by Crippen LogP contribution is 2.34. The molecule has 3 aromatic carbocycles. The van der Waals surface area contributed by atoms with E-state index >= 15 is 0 Å². The molecule has 0 aliphatic carbocycles. The molecule has 0 heterocycles. The lowest BCUT2D eigenvalue weighted by Gasteiger charge is -2.23. The van der Waals surface area contributed by atoms with Crippen molar-refractivity contribution in [3.63, 3.8) is 0 Å². The van der Waals surface area contributed by atoms with Gasteiger partial charge in [-0.05, 0) is 35.9 Å². The van der Waals surface area contributed by atoms with Gasteiger partial charge in [0, 0.05) is 25.7 Å². The molecule has 10 nitrogen and oxygen atoms in total. The number of sulfonamides is 1. The van der Waals surface area contributed by atoms with E-state index < -0.39 is 14.9 Å². The molecule has 0 amide bonds. The molecule has 0 radical (unpaired) electrons. The Labute approximate surface area is 197 Å². The summed E-state index contributed by atoms with van der Waals surface area (Å²) in [4.78, 5) is 12.2. The van der Waals surface area contributed by atoms with Crippen LogP contribution in [-0.4, -0.2) is 41.7 Å². The molecule has 0 aliphatic rings. The number of benzene rings is 3. The van der Waals surface area contributed by atoms with E-state index in [1.54, 1.807) is 48.3 Å². The van der Waals surface area contributed by atoms with Gasteiger partial charge in [0.2, 0.25) is 0 Å². The molecule has 0 saturated carbocycles. The van der Waals surface area contributed by atoms with Gasteiger partial charge in [-0.2, -0.15) is 0 Å². The number of hydrogen-bond donors (Lipinski definition) is 1. The number of nitrogens with zero attached hydrogens (tertiary/aromatic N) is 2. The maximum atomic E-state index is 13.4. The molecule has 34 heavy (non-hydrogen) atoms. The zero-order chi connectivity index (χ0) is 24.9. The van der Waals surface area contributed by atoms with E-state index in [4.69, 9.17) is 14.2 Å². The Morgan fingerprint density at radius 3 is 2.24 bits per heavy atom. The van der Waals surface area contributed by atoms with Crippen LogP contribution in [-0.2, 0) is 16.6 Å². The number of ether oxygens (including phenoxy) is 3. The molecule has 0 spiro atoms. The average Bonchev–Trinajstić information content (AvgIpc) is 2.83. The van der Waals surface area contributed by atoms with Gasteiger partial charge in [-0.3, -0.25) is 14.8 Å². The Morgan fingerprint density at radius 2 is 1.59 bits per heavy atom. The Bertz CT molecular complexity index is 1300. The van der Waals surface area contributed by atoms with E-state index in [1.165, 1.54) is 33.5 Å². The fraction of sp³-hybridized carbons (Fsp3) is 0.217. The third kappa shape index (κ3) is 5.31. The molecule has 0 fully saturated rings. The van der Waals surface area contributed by atoms with Crippen LogP contribution < -0.4 is 23.8 Å². The van der Waals surface area contributed by atoms with Gasteiger partial charge in [0.1, 0.15) is 10.6 Å². The van der Waals surface area contributed by atoms with Crippen molar-refractivity contribution >= 4 is 27.1 Å². The minimum atomic E-state index is -4.21. The van der Waals surface area contributed by atoms with E-state index in [2.05, 4.69) is 4.72 Å². The molecule has 0 aromatic heterocycles. The molecular weight excluding hydrogens is 462 g/mol. The minimum absolute atomic E-state index is 0.213. The number of nitro benzene ring substituents is 1. The Morgan fingerprint density at radius 1 is 0.912 bits per heavy atom. The van der Waals surface area contributed by atoms with Crippen molar-refractivity contribution in [2.24, 2.45) is 0 Å². The van der Waals surface area contributed by atoms with Gasteiger partial charge in [0.05, 0.1) is 37.6 Å². The van der Waals surface area contributed by atoms with Crippen LogP contribution in [0.1, 0.15) is 5.56 Å². The van der Waals surface area contributed by atoms with Crippen molar-refractivity contribution in [1.29, 1.82) is 0 Å². The summed E-state index contributed by atoms with van der Waals surface area (Å²) in [7, 11) is 1.96. The number of nitrogens with one attached hydrogen (secondary N) is 1. The molecule has 3 aromatic rings. The van der Waals surface area contributed by atoms with Crippen LogP contribution in [0, 0.1) is 10.1 Å². The number of methoxy groups -OCH3 is 3. The predicted molar refractivity (Wildman–Crippen MR) is 129 cm³/mol. The molecule has 1 N–H and O–H groups in total. The third-order valence-electron chi connectivity index (χ3n) is 5.07. The van der Waals surface area contributed by atoms with Crippen LogP contribution in [0.5, 0.6) is 17.2 Å². The summed E-state index contributed by atoms with van der Waals surface area (Å²) in [5.41, 5.74) is 0.969. The second-order valence-electron chi connectivity index (χ2n) is 7.26. The van der Waals surface area contributed by atoms with Crippen molar-refractivity contribution in [1.82, 2.24) is 0 Å². The topological polar surface area (TPSA) is 120 Å². The molecule has 11 heteroatoms. The number of rotatable bonds is 10. The zero-order valence-electron chi connectivity index (χ0n) is 19.1. The van der Waals surface area contributed by atoms with Crippen molar-refractivity contribution in [3.8, 4) is 17.2 Å². The molecule has 0 atom stereocenters. The molecule has 0 bridgehead atoms. The Kier molecular flexibility index (Phi) is 7.47. The summed E-state index contributed by atoms with van der Waals surface area (Å²) in [5.74, 6) is 1.41. The normalized spacial score (nSPS) is 10.9.